The molecule has 0 saturated heterocycles. The van der Waals surface area contributed by atoms with Crippen LogP contribution >= 0.6 is 0 Å². The van der Waals surface area contributed by atoms with Gasteiger partial charge in [0.1, 0.15) is 0 Å². The molecule has 3 N–H and O–H groups in total. The highest BCUT2D eigenvalue weighted by Crippen LogP contribution is 1.97. The minimum Gasteiger partial charge on any atom is -0.368 e. The van der Waals surface area contributed by atoms with E-state index in [1.54, 1.807) is 6.92 Å². The first-order valence-electron chi connectivity index (χ1n) is 4.93. The fraction of sp³-hybridized carbons (Fsp3) is 0.250. The molecule has 0 aromatic heterocycles. The Morgan fingerprint density at radius 3 is 2.53 bits per heavy atom. The van der Waals surface area contributed by atoms with Crippen molar-refractivity contribution in [2.75, 3.05) is 6.54 Å². The summed E-state index contributed by atoms with van der Waals surface area (Å²) >= 11 is 0. The van der Waals surface area contributed by atoms with Crippen LogP contribution < -0.4 is 10.6 Å². The Balaban J connectivity index is 2.26. The minimum atomic E-state index is 0.542. The van der Waals surface area contributed by atoms with Crippen molar-refractivity contribution in [1.82, 2.24) is 10.6 Å². The highest BCUT2D eigenvalue weighted by molar-refractivity contribution is 5.80. The molecular formula is C12H17N3. The van der Waals surface area contributed by atoms with Crippen LogP contribution in [0.15, 0.2) is 42.7 Å². The van der Waals surface area contributed by atoms with Crippen LogP contribution in [-0.2, 0) is 6.54 Å². The first kappa shape index (κ1) is 11.3. The Kier molecular flexibility index (Phi) is 4.41. The molecule has 0 fully saturated rings. The number of hydrogen-bond donors (Lipinski definition) is 3. The fourth-order valence-electron chi connectivity index (χ4n) is 1.11. The highest BCUT2D eigenvalue weighted by Gasteiger charge is 1.94. The van der Waals surface area contributed by atoms with Crippen molar-refractivity contribution < 1.29 is 0 Å². The normalized spacial score (nSPS) is 9.40. The second-order valence-corrected chi connectivity index (χ2v) is 3.45. The number of hydrogen-bond acceptors (Lipinski definition) is 3. The summed E-state index contributed by atoms with van der Waals surface area (Å²) in [5.74, 6) is 0.755. The average molecular weight is 203 g/mol. The molecule has 80 valence electrons. The van der Waals surface area contributed by atoms with Gasteiger partial charge in [-0.05, 0) is 12.5 Å². The summed E-state index contributed by atoms with van der Waals surface area (Å²) in [5, 5.41) is 13.4. The molecule has 0 amide bonds. The van der Waals surface area contributed by atoms with E-state index >= 15 is 0 Å². The molecule has 15 heavy (non-hydrogen) atoms. The Hall–Kier alpha value is -1.77. The summed E-state index contributed by atoms with van der Waals surface area (Å²) < 4.78 is 0. The Bertz CT molecular complexity index is 330. The van der Waals surface area contributed by atoms with Gasteiger partial charge in [-0.25, -0.2) is 0 Å². The molecular weight excluding hydrogens is 186 g/mol. The minimum absolute atomic E-state index is 0.542. The molecule has 3 heteroatoms. The Morgan fingerprint density at radius 1 is 1.27 bits per heavy atom. The van der Waals surface area contributed by atoms with Gasteiger partial charge in [0.2, 0.25) is 0 Å². The van der Waals surface area contributed by atoms with Gasteiger partial charge in [0.25, 0.3) is 0 Å². The van der Waals surface area contributed by atoms with E-state index in [1.165, 1.54) is 5.56 Å². The molecule has 0 aliphatic carbocycles. The molecule has 0 unspecified atom stereocenters. The van der Waals surface area contributed by atoms with Crippen LogP contribution in [-0.4, -0.2) is 12.3 Å². The topological polar surface area (TPSA) is 47.9 Å². The van der Waals surface area contributed by atoms with Gasteiger partial charge in [0, 0.05) is 12.3 Å². The van der Waals surface area contributed by atoms with Crippen LogP contribution in [0.1, 0.15) is 12.5 Å². The van der Waals surface area contributed by atoms with Crippen molar-refractivity contribution in [3.8, 4) is 0 Å². The van der Waals surface area contributed by atoms with Crippen LogP contribution in [0.2, 0.25) is 0 Å². The molecule has 0 radical (unpaired) electrons. The smallest absolute Gasteiger partial charge is 0.0918 e. The van der Waals surface area contributed by atoms with Crippen LogP contribution in [0.5, 0.6) is 0 Å². The van der Waals surface area contributed by atoms with E-state index in [0.29, 0.717) is 12.3 Å². The van der Waals surface area contributed by atoms with Gasteiger partial charge in [0.05, 0.1) is 12.4 Å². The monoisotopic (exact) mass is 203 g/mol. The van der Waals surface area contributed by atoms with E-state index in [9.17, 15) is 0 Å². The SMILES string of the molecule is C=C(NCC(C)=N)NCc1ccccc1. The third kappa shape index (κ3) is 4.86. The van der Waals surface area contributed by atoms with E-state index < -0.39 is 0 Å². The Morgan fingerprint density at radius 2 is 1.93 bits per heavy atom. The van der Waals surface area contributed by atoms with Crippen molar-refractivity contribution >= 4 is 5.71 Å². The summed E-state index contributed by atoms with van der Waals surface area (Å²) in [6, 6.07) is 10.1. The van der Waals surface area contributed by atoms with Gasteiger partial charge in [0.15, 0.2) is 0 Å². The van der Waals surface area contributed by atoms with Crippen molar-refractivity contribution in [2.24, 2.45) is 0 Å². The van der Waals surface area contributed by atoms with E-state index in [1.807, 2.05) is 18.2 Å². The first-order valence-corrected chi connectivity index (χ1v) is 4.93. The largest absolute Gasteiger partial charge is 0.368 e. The number of rotatable bonds is 6. The van der Waals surface area contributed by atoms with Crippen molar-refractivity contribution in [2.45, 2.75) is 13.5 Å². The molecule has 1 aromatic rings. The highest BCUT2D eigenvalue weighted by atomic mass is 15.1. The predicted molar refractivity (Wildman–Crippen MR) is 63.8 cm³/mol. The molecule has 0 aliphatic rings. The molecule has 0 heterocycles. The van der Waals surface area contributed by atoms with Gasteiger partial charge in [-0.2, -0.15) is 0 Å². The standard InChI is InChI=1S/C12H17N3/c1-10(13)8-14-11(2)15-9-12-6-4-3-5-7-12/h3-7,13-15H,2,8-9H2,1H3. The number of nitrogens with one attached hydrogen (secondary N) is 3. The van der Waals surface area contributed by atoms with E-state index in [2.05, 4.69) is 29.3 Å². The summed E-state index contributed by atoms with van der Waals surface area (Å²) in [7, 11) is 0. The molecule has 1 aromatic carbocycles. The lowest BCUT2D eigenvalue weighted by Gasteiger charge is -2.11. The zero-order chi connectivity index (χ0) is 11.1. The molecule has 3 nitrogen and oxygen atoms in total. The van der Waals surface area contributed by atoms with Crippen molar-refractivity contribution in [3.63, 3.8) is 0 Å². The van der Waals surface area contributed by atoms with Crippen LogP contribution in [0.25, 0.3) is 0 Å². The van der Waals surface area contributed by atoms with Crippen LogP contribution in [0.4, 0.5) is 0 Å². The lowest BCUT2D eigenvalue weighted by Crippen LogP contribution is -2.28. The van der Waals surface area contributed by atoms with Crippen LogP contribution in [0.3, 0.4) is 0 Å². The molecule has 1 rings (SSSR count). The summed E-state index contributed by atoms with van der Waals surface area (Å²) in [6.07, 6.45) is 0. The van der Waals surface area contributed by atoms with Gasteiger partial charge in [-0.1, -0.05) is 36.9 Å². The summed E-state index contributed by atoms with van der Waals surface area (Å²) in [5.41, 5.74) is 1.81. The molecule has 0 aliphatic heterocycles. The van der Waals surface area contributed by atoms with E-state index in [0.717, 1.165) is 12.4 Å². The quantitative estimate of drug-likeness (QED) is 0.618. The predicted octanol–water partition coefficient (Wildman–Crippen LogP) is 1.88. The lowest BCUT2D eigenvalue weighted by molar-refractivity contribution is 0.725. The fourth-order valence-corrected chi connectivity index (χ4v) is 1.11. The molecule has 0 saturated carbocycles. The summed E-state index contributed by atoms with van der Waals surface area (Å²) in [6.45, 7) is 6.88. The second kappa shape index (κ2) is 5.86. The third-order valence-corrected chi connectivity index (χ3v) is 1.92. The van der Waals surface area contributed by atoms with Crippen LogP contribution in [0, 0.1) is 5.41 Å². The maximum Gasteiger partial charge on any atom is 0.0918 e. The average Bonchev–Trinajstić information content (AvgIpc) is 2.25. The Labute approximate surface area is 90.7 Å². The van der Waals surface area contributed by atoms with E-state index in [4.69, 9.17) is 5.41 Å². The van der Waals surface area contributed by atoms with Gasteiger partial charge in [-0.15, -0.1) is 0 Å². The third-order valence-electron chi connectivity index (χ3n) is 1.92. The maximum absolute atomic E-state index is 7.25. The molecule has 0 spiro atoms. The zero-order valence-electron chi connectivity index (χ0n) is 9.01. The van der Waals surface area contributed by atoms with Gasteiger partial charge >= 0.3 is 0 Å². The molecule has 0 atom stereocenters. The zero-order valence-corrected chi connectivity index (χ0v) is 9.01. The van der Waals surface area contributed by atoms with Gasteiger partial charge < -0.3 is 16.0 Å². The maximum atomic E-state index is 7.25. The van der Waals surface area contributed by atoms with E-state index in [-0.39, 0.29) is 0 Å². The molecule has 0 bridgehead atoms. The first-order chi connectivity index (χ1) is 7.18. The summed E-state index contributed by atoms with van der Waals surface area (Å²) in [4.78, 5) is 0. The number of benzene rings is 1. The van der Waals surface area contributed by atoms with Gasteiger partial charge in [-0.3, -0.25) is 0 Å². The lowest BCUT2D eigenvalue weighted by atomic mass is 10.2. The van der Waals surface area contributed by atoms with Crippen molar-refractivity contribution in [1.29, 1.82) is 5.41 Å². The second-order valence-electron chi connectivity index (χ2n) is 3.45. The van der Waals surface area contributed by atoms with Crippen molar-refractivity contribution in [3.05, 3.63) is 48.3 Å².